The number of hydrogen-bond acceptors (Lipinski definition) is 8. The number of hydrogen-bond donors (Lipinski definition) is 1. The van der Waals surface area contributed by atoms with Crippen molar-refractivity contribution in [2.24, 2.45) is 0 Å². The fourth-order valence-electron chi connectivity index (χ4n) is 2.90. The van der Waals surface area contributed by atoms with Gasteiger partial charge >= 0.3 is 0 Å². The number of fused-ring (bicyclic) bond motifs is 1. The van der Waals surface area contributed by atoms with Crippen LogP contribution in [0.2, 0.25) is 5.02 Å². The third-order valence-electron chi connectivity index (χ3n) is 4.34. The van der Waals surface area contributed by atoms with Crippen molar-refractivity contribution in [1.29, 1.82) is 0 Å². The molecule has 1 aromatic carbocycles. The number of nitrogens with one attached hydrogen (secondary N) is 1. The molecule has 2 aromatic heterocycles. The van der Waals surface area contributed by atoms with Crippen LogP contribution >= 0.6 is 11.6 Å². The second-order valence-corrected chi connectivity index (χ2v) is 6.56. The molecule has 0 saturated heterocycles. The number of ether oxygens (including phenoxy) is 3. The third-order valence-corrected chi connectivity index (χ3v) is 4.64. The minimum Gasteiger partial charge on any atom is -0.497 e. The molecule has 0 saturated carbocycles. The zero-order chi connectivity index (χ0) is 20.3. The molecule has 0 bridgehead atoms. The lowest BCUT2D eigenvalue weighted by Gasteiger charge is -2.15. The molecule has 1 N–H and O–H groups in total. The van der Waals surface area contributed by atoms with Gasteiger partial charge in [0.2, 0.25) is 0 Å². The van der Waals surface area contributed by atoms with Gasteiger partial charge in [-0.15, -0.1) is 5.10 Å². The largest absolute Gasteiger partial charge is 0.497 e. The molecule has 28 heavy (non-hydrogen) atoms. The molecule has 150 valence electrons. The van der Waals surface area contributed by atoms with Crippen LogP contribution < -0.4 is 14.8 Å². The van der Waals surface area contributed by atoms with E-state index in [4.69, 9.17) is 25.8 Å². The summed E-state index contributed by atoms with van der Waals surface area (Å²) in [6.07, 6.45) is 0.830. The smallest absolute Gasteiger partial charge is 0.184 e. The quantitative estimate of drug-likeness (QED) is 0.606. The highest BCUT2D eigenvalue weighted by molar-refractivity contribution is 6.34. The van der Waals surface area contributed by atoms with Gasteiger partial charge in [-0.3, -0.25) is 0 Å². The van der Waals surface area contributed by atoms with Gasteiger partial charge in [0, 0.05) is 19.2 Å². The first kappa shape index (κ1) is 20.1. The predicted molar refractivity (Wildman–Crippen MR) is 107 cm³/mol. The van der Waals surface area contributed by atoms with Crippen LogP contribution in [-0.4, -0.2) is 52.9 Å². The molecule has 0 radical (unpaired) electrons. The van der Waals surface area contributed by atoms with E-state index in [9.17, 15) is 0 Å². The van der Waals surface area contributed by atoms with Crippen molar-refractivity contribution in [3.8, 4) is 11.5 Å². The van der Waals surface area contributed by atoms with Crippen molar-refractivity contribution < 1.29 is 14.2 Å². The molecule has 1 atom stereocenters. The van der Waals surface area contributed by atoms with E-state index in [1.165, 1.54) is 0 Å². The van der Waals surface area contributed by atoms with Gasteiger partial charge in [0.25, 0.3) is 0 Å². The van der Waals surface area contributed by atoms with Crippen LogP contribution in [0.3, 0.4) is 0 Å². The van der Waals surface area contributed by atoms with Crippen molar-refractivity contribution in [1.82, 2.24) is 25.0 Å². The summed E-state index contributed by atoms with van der Waals surface area (Å²) in [5.41, 5.74) is 1.72. The molecule has 3 rings (SSSR count). The van der Waals surface area contributed by atoms with E-state index in [2.05, 4.69) is 32.5 Å². The Balaban J connectivity index is 2.09. The molecule has 0 amide bonds. The first-order valence-electron chi connectivity index (χ1n) is 8.79. The summed E-state index contributed by atoms with van der Waals surface area (Å²) < 4.78 is 17.8. The molecule has 10 heteroatoms. The molecule has 0 aliphatic rings. The summed E-state index contributed by atoms with van der Waals surface area (Å²) in [6, 6.07) is 3.46. The monoisotopic (exact) mass is 406 g/mol. The molecule has 1 unspecified atom stereocenters. The highest BCUT2D eigenvalue weighted by Crippen LogP contribution is 2.39. The fourth-order valence-corrected chi connectivity index (χ4v) is 3.15. The van der Waals surface area contributed by atoms with Crippen molar-refractivity contribution in [2.75, 3.05) is 33.3 Å². The molecular weight excluding hydrogens is 384 g/mol. The summed E-state index contributed by atoms with van der Waals surface area (Å²) in [5.74, 6) is 2.18. The average molecular weight is 407 g/mol. The molecule has 3 aromatic rings. The van der Waals surface area contributed by atoms with E-state index in [0.29, 0.717) is 51.6 Å². The minimum absolute atomic E-state index is 0.0243. The number of aromatic nitrogens is 5. The number of rotatable bonds is 8. The number of benzene rings is 1. The Morgan fingerprint density at radius 1 is 1.18 bits per heavy atom. The van der Waals surface area contributed by atoms with E-state index in [-0.39, 0.29) is 6.04 Å². The summed E-state index contributed by atoms with van der Waals surface area (Å²) in [5, 5.41) is 12.2. The molecular formula is C18H23ClN6O3. The standard InChI is InChI=1S/C18H23ClN6O3/c1-6-11(9-26-3)25-18-16(23-24-25)17(20-10(2)21-18)22-15-13(19)7-12(27-4)8-14(15)28-5/h7-8,11H,6,9H2,1-5H3,(H,20,21,22). The van der Waals surface area contributed by atoms with Gasteiger partial charge in [-0.1, -0.05) is 23.7 Å². The normalized spacial score (nSPS) is 12.2. The number of halogens is 1. The van der Waals surface area contributed by atoms with Gasteiger partial charge in [0.15, 0.2) is 17.0 Å². The van der Waals surface area contributed by atoms with Crippen LogP contribution in [0.15, 0.2) is 12.1 Å². The van der Waals surface area contributed by atoms with Crippen molar-refractivity contribution in [2.45, 2.75) is 26.3 Å². The Hall–Kier alpha value is -2.65. The third kappa shape index (κ3) is 3.81. The van der Waals surface area contributed by atoms with Crippen LogP contribution in [0.25, 0.3) is 11.2 Å². The van der Waals surface area contributed by atoms with Crippen LogP contribution in [0, 0.1) is 6.92 Å². The highest BCUT2D eigenvalue weighted by atomic mass is 35.5. The van der Waals surface area contributed by atoms with Gasteiger partial charge in [0.1, 0.15) is 23.0 Å². The maximum Gasteiger partial charge on any atom is 0.184 e. The van der Waals surface area contributed by atoms with Crippen LogP contribution in [0.1, 0.15) is 25.2 Å². The molecule has 0 fully saturated rings. The lowest BCUT2D eigenvalue weighted by Crippen LogP contribution is -2.16. The zero-order valence-electron chi connectivity index (χ0n) is 16.5. The number of aryl methyl sites for hydroxylation is 1. The second-order valence-electron chi connectivity index (χ2n) is 6.15. The maximum atomic E-state index is 6.43. The van der Waals surface area contributed by atoms with Gasteiger partial charge in [-0.2, -0.15) is 0 Å². The Bertz CT molecular complexity index is 978. The van der Waals surface area contributed by atoms with Crippen LogP contribution in [0.4, 0.5) is 11.5 Å². The van der Waals surface area contributed by atoms with E-state index >= 15 is 0 Å². The molecule has 0 aliphatic carbocycles. The highest BCUT2D eigenvalue weighted by Gasteiger charge is 2.20. The van der Waals surface area contributed by atoms with E-state index in [1.807, 2.05) is 6.92 Å². The van der Waals surface area contributed by atoms with Crippen molar-refractivity contribution in [3.05, 3.63) is 23.0 Å². The lowest BCUT2D eigenvalue weighted by molar-refractivity contribution is 0.148. The Morgan fingerprint density at radius 2 is 1.96 bits per heavy atom. The number of methoxy groups -OCH3 is 3. The first-order chi connectivity index (χ1) is 13.5. The van der Waals surface area contributed by atoms with Crippen molar-refractivity contribution in [3.63, 3.8) is 0 Å². The van der Waals surface area contributed by atoms with Crippen molar-refractivity contribution >= 4 is 34.3 Å². The Labute approximate surface area is 168 Å². The predicted octanol–water partition coefficient (Wildman–Crippen LogP) is 3.54. The Kier molecular flexibility index (Phi) is 6.15. The van der Waals surface area contributed by atoms with Gasteiger partial charge in [0.05, 0.1) is 31.9 Å². The average Bonchev–Trinajstić information content (AvgIpc) is 3.10. The number of nitrogens with zero attached hydrogens (tertiary/aromatic N) is 5. The Morgan fingerprint density at radius 3 is 2.61 bits per heavy atom. The lowest BCUT2D eigenvalue weighted by atomic mass is 10.2. The van der Waals surface area contributed by atoms with Crippen LogP contribution in [-0.2, 0) is 4.74 Å². The molecule has 2 heterocycles. The minimum atomic E-state index is 0.0243. The fraction of sp³-hybridized carbons (Fsp3) is 0.444. The van der Waals surface area contributed by atoms with E-state index in [0.717, 1.165) is 6.42 Å². The topological polar surface area (TPSA) is 96.2 Å². The summed E-state index contributed by atoms with van der Waals surface area (Å²) in [7, 11) is 4.79. The summed E-state index contributed by atoms with van der Waals surface area (Å²) in [4.78, 5) is 9.01. The molecule has 0 spiro atoms. The van der Waals surface area contributed by atoms with Gasteiger partial charge in [-0.25, -0.2) is 14.6 Å². The van der Waals surface area contributed by atoms with Gasteiger partial charge < -0.3 is 19.5 Å². The first-order valence-corrected chi connectivity index (χ1v) is 9.17. The van der Waals surface area contributed by atoms with Crippen LogP contribution in [0.5, 0.6) is 11.5 Å². The zero-order valence-corrected chi connectivity index (χ0v) is 17.2. The maximum absolute atomic E-state index is 6.43. The van der Waals surface area contributed by atoms with Gasteiger partial charge in [-0.05, 0) is 13.3 Å². The van der Waals surface area contributed by atoms with E-state index < -0.39 is 0 Å². The SMILES string of the molecule is CCC(COC)n1nnc2c(Nc3c(Cl)cc(OC)cc3OC)nc(C)nc21. The van der Waals surface area contributed by atoms with E-state index in [1.54, 1.807) is 38.1 Å². The summed E-state index contributed by atoms with van der Waals surface area (Å²) >= 11 is 6.43. The molecule has 9 nitrogen and oxygen atoms in total. The number of anilines is 2. The summed E-state index contributed by atoms with van der Waals surface area (Å²) in [6.45, 7) is 4.39. The second kappa shape index (κ2) is 8.57. The molecule has 0 aliphatic heterocycles.